The highest BCUT2D eigenvalue weighted by molar-refractivity contribution is 5.83. The van der Waals surface area contributed by atoms with Crippen LogP contribution in [0, 0.1) is 0 Å². The summed E-state index contributed by atoms with van der Waals surface area (Å²) in [6.45, 7) is 8.52. The minimum Gasteiger partial charge on any atom is -0.356 e. The van der Waals surface area contributed by atoms with Crippen molar-refractivity contribution in [2.75, 3.05) is 45.9 Å². The molecule has 6 N–H and O–H groups in total. The summed E-state index contributed by atoms with van der Waals surface area (Å²) in [5, 5.41) is 37.2. The van der Waals surface area contributed by atoms with E-state index in [-0.39, 0.29) is 50.1 Å². The maximum Gasteiger partial charge on any atom is 0.246 e. The van der Waals surface area contributed by atoms with Crippen LogP contribution in [-0.2, 0) is 24.0 Å². The number of hydrogen-bond donors (Lipinski definition) is 6. The van der Waals surface area contributed by atoms with Crippen LogP contribution in [-0.4, -0.2) is 106 Å². The van der Waals surface area contributed by atoms with Gasteiger partial charge in [0.2, 0.25) is 23.6 Å². The summed E-state index contributed by atoms with van der Waals surface area (Å²) in [7, 11) is 0. The number of nitrogens with zero attached hydrogens (tertiary/aromatic N) is 3. The third-order valence-corrected chi connectivity index (χ3v) is 6.36. The predicted molar refractivity (Wildman–Crippen MR) is 156 cm³/mol. The van der Waals surface area contributed by atoms with Crippen LogP contribution in [0.4, 0.5) is 0 Å². The summed E-state index contributed by atoms with van der Waals surface area (Å²) in [5.74, 6) is -1.47. The summed E-state index contributed by atoms with van der Waals surface area (Å²) >= 11 is 0. The monoisotopic (exact) mass is 604 g/mol. The number of carbonyl (C=O) groups is 4. The van der Waals surface area contributed by atoms with Crippen LogP contribution < -0.4 is 16.1 Å². The number of rotatable bonds is 27. The molecule has 0 saturated carbocycles. The van der Waals surface area contributed by atoms with Gasteiger partial charge in [0, 0.05) is 65.0 Å². The van der Waals surface area contributed by atoms with Gasteiger partial charge in [-0.3, -0.25) is 34.8 Å². The molecule has 4 amide bonds. The fourth-order valence-electron chi connectivity index (χ4n) is 3.79. The molecule has 0 heterocycles. The first-order chi connectivity index (χ1) is 20.0. The third kappa shape index (κ3) is 24.3. The number of hydroxylamine groups is 7. The number of unbranched alkanes of at least 4 members (excludes halogenated alkanes) is 6. The van der Waals surface area contributed by atoms with E-state index in [1.54, 1.807) is 0 Å². The van der Waals surface area contributed by atoms with Gasteiger partial charge in [0.25, 0.3) is 0 Å². The van der Waals surface area contributed by atoms with Gasteiger partial charge in [0.1, 0.15) is 0 Å². The average molecular weight is 605 g/mol. The number of amides is 4. The number of carbonyl (C=O) groups excluding carboxylic acids is 4. The molecule has 0 aliphatic heterocycles. The molecule has 14 nitrogen and oxygen atoms in total. The standard InChI is InChI=1S/C28H56N6O8/c1-24(2)29-17-7-4-11-22-34(41)28(38)16-15-26(36)30-18-8-5-12-21-33(40)27(37)14-13-23-42-31-19-9-6-10-20-32(39)25(3)35/h24,29,31,39-41H,4-23H2,1-3H3,(H,30,36). The zero-order chi connectivity index (χ0) is 31.6. The smallest absolute Gasteiger partial charge is 0.246 e. The van der Waals surface area contributed by atoms with Crippen LogP contribution in [0.15, 0.2) is 0 Å². The molecule has 246 valence electrons. The summed E-state index contributed by atoms with van der Waals surface area (Å²) in [6.07, 6.45) is 7.47. The van der Waals surface area contributed by atoms with Crippen molar-refractivity contribution in [3.8, 4) is 0 Å². The molecular formula is C28H56N6O8. The molecule has 0 aliphatic rings. The van der Waals surface area contributed by atoms with E-state index in [1.807, 2.05) is 0 Å². The van der Waals surface area contributed by atoms with Gasteiger partial charge in [-0.2, -0.15) is 0 Å². The van der Waals surface area contributed by atoms with Crippen LogP contribution in [0.3, 0.4) is 0 Å². The van der Waals surface area contributed by atoms with E-state index in [2.05, 4.69) is 30.0 Å². The predicted octanol–water partition coefficient (Wildman–Crippen LogP) is 2.37. The zero-order valence-corrected chi connectivity index (χ0v) is 25.9. The fourth-order valence-corrected chi connectivity index (χ4v) is 3.79. The Bertz CT molecular complexity index is 743. The molecule has 0 saturated heterocycles. The van der Waals surface area contributed by atoms with Crippen LogP contribution >= 0.6 is 0 Å². The number of hydrogen-bond acceptors (Lipinski definition) is 10. The van der Waals surface area contributed by atoms with Gasteiger partial charge >= 0.3 is 0 Å². The fraction of sp³-hybridized carbons (Fsp3) is 0.857. The molecule has 42 heavy (non-hydrogen) atoms. The lowest BCUT2D eigenvalue weighted by molar-refractivity contribution is -0.166. The van der Waals surface area contributed by atoms with Crippen molar-refractivity contribution in [1.29, 1.82) is 0 Å². The second-order valence-corrected chi connectivity index (χ2v) is 10.7. The van der Waals surface area contributed by atoms with Gasteiger partial charge in [0.15, 0.2) is 0 Å². The molecule has 0 radical (unpaired) electrons. The van der Waals surface area contributed by atoms with Crippen LogP contribution in [0.25, 0.3) is 0 Å². The molecular weight excluding hydrogens is 548 g/mol. The topological polar surface area (TPSA) is 184 Å². The van der Waals surface area contributed by atoms with Gasteiger partial charge in [0.05, 0.1) is 6.61 Å². The Balaban J connectivity index is 3.63. The van der Waals surface area contributed by atoms with Crippen LogP contribution in [0.5, 0.6) is 0 Å². The Hall–Kier alpha value is -2.36. The molecule has 0 fully saturated rings. The van der Waals surface area contributed by atoms with Crippen molar-refractivity contribution in [3.05, 3.63) is 0 Å². The summed E-state index contributed by atoms with van der Waals surface area (Å²) in [5.41, 5.74) is 2.80. The summed E-state index contributed by atoms with van der Waals surface area (Å²) < 4.78 is 0. The van der Waals surface area contributed by atoms with Crippen molar-refractivity contribution >= 4 is 23.6 Å². The Labute approximate surface area is 250 Å². The first-order valence-corrected chi connectivity index (χ1v) is 15.3. The van der Waals surface area contributed by atoms with Crippen molar-refractivity contribution in [3.63, 3.8) is 0 Å². The van der Waals surface area contributed by atoms with Crippen molar-refractivity contribution in [2.24, 2.45) is 0 Å². The van der Waals surface area contributed by atoms with E-state index < -0.39 is 5.91 Å². The molecule has 0 aromatic rings. The van der Waals surface area contributed by atoms with Crippen LogP contribution in [0.2, 0.25) is 0 Å². The lowest BCUT2D eigenvalue weighted by Gasteiger charge is -2.15. The minimum absolute atomic E-state index is 0.0120. The highest BCUT2D eigenvalue weighted by atomic mass is 16.6. The largest absolute Gasteiger partial charge is 0.356 e. The van der Waals surface area contributed by atoms with E-state index >= 15 is 0 Å². The molecule has 0 aromatic carbocycles. The molecule has 14 heteroatoms. The second kappa shape index (κ2) is 26.3. The molecule has 0 aliphatic carbocycles. The molecule has 0 unspecified atom stereocenters. The Kier molecular flexibility index (Phi) is 24.8. The van der Waals surface area contributed by atoms with E-state index in [9.17, 15) is 34.8 Å². The second-order valence-electron chi connectivity index (χ2n) is 10.7. The Morgan fingerprint density at radius 2 is 1.17 bits per heavy atom. The van der Waals surface area contributed by atoms with Crippen molar-refractivity contribution in [1.82, 2.24) is 31.3 Å². The summed E-state index contributed by atoms with van der Waals surface area (Å²) in [4.78, 5) is 52.1. The first-order valence-electron chi connectivity index (χ1n) is 15.3. The van der Waals surface area contributed by atoms with Crippen LogP contribution in [0.1, 0.15) is 104 Å². The van der Waals surface area contributed by atoms with Crippen molar-refractivity contribution in [2.45, 2.75) is 110 Å². The molecule has 0 atom stereocenters. The van der Waals surface area contributed by atoms with E-state index in [4.69, 9.17) is 4.84 Å². The highest BCUT2D eigenvalue weighted by Gasteiger charge is 2.13. The molecule has 0 bridgehead atoms. The highest BCUT2D eigenvalue weighted by Crippen LogP contribution is 2.03. The SMILES string of the molecule is CC(=O)N(O)CCCCCNOCCCC(=O)N(O)CCCCCNC(=O)CCC(=O)N(O)CCCCCNC(C)C. The first kappa shape index (κ1) is 39.6. The van der Waals surface area contributed by atoms with E-state index in [1.165, 1.54) is 6.92 Å². The third-order valence-electron chi connectivity index (χ3n) is 6.36. The quantitative estimate of drug-likeness (QED) is 0.0462. The average Bonchev–Trinajstić information content (AvgIpc) is 2.95. The van der Waals surface area contributed by atoms with Gasteiger partial charge in [-0.1, -0.05) is 26.7 Å². The van der Waals surface area contributed by atoms with Crippen molar-refractivity contribution < 1.29 is 39.6 Å². The maximum atomic E-state index is 12.0. The normalized spacial score (nSPS) is 11.0. The molecule has 0 rings (SSSR count). The number of nitrogens with one attached hydrogen (secondary N) is 3. The lowest BCUT2D eigenvalue weighted by atomic mass is 10.2. The Morgan fingerprint density at radius 3 is 1.74 bits per heavy atom. The molecule has 0 spiro atoms. The Morgan fingerprint density at radius 1 is 0.643 bits per heavy atom. The zero-order valence-electron chi connectivity index (χ0n) is 25.9. The lowest BCUT2D eigenvalue weighted by Crippen LogP contribution is -2.31. The van der Waals surface area contributed by atoms with Gasteiger partial charge < -0.3 is 15.5 Å². The van der Waals surface area contributed by atoms with E-state index in [0.717, 1.165) is 32.2 Å². The molecule has 0 aromatic heterocycles. The van der Waals surface area contributed by atoms with E-state index in [0.29, 0.717) is 86.0 Å². The van der Waals surface area contributed by atoms with Gasteiger partial charge in [-0.25, -0.2) is 20.7 Å². The minimum atomic E-state index is -0.463. The maximum absolute atomic E-state index is 12.0. The van der Waals surface area contributed by atoms with Gasteiger partial charge in [-0.05, 0) is 57.9 Å². The van der Waals surface area contributed by atoms with Gasteiger partial charge in [-0.15, -0.1) is 0 Å². The summed E-state index contributed by atoms with van der Waals surface area (Å²) in [6, 6.07) is 0.440.